The lowest BCUT2D eigenvalue weighted by molar-refractivity contribution is 0.0180. The van der Waals surface area contributed by atoms with Gasteiger partial charge in [-0.15, -0.1) is 0 Å². The number of nitrogens with zero attached hydrogens (tertiary/aromatic N) is 2. The molecule has 0 saturated carbocycles. The molecule has 1 aromatic rings. The van der Waals surface area contributed by atoms with Crippen LogP contribution in [-0.2, 0) is 4.74 Å². The number of aromatic carboxylic acids is 1. The molecular weight excluding hydrogens is 288 g/mol. The summed E-state index contributed by atoms with van der Waals surface area (Å²) in [7, 11) is 1.42. The Morgan fingerprint density at radius 2 is 2.18 bits per heavy atom. The molecule has 0 bridgehead atoms. The molecule has 7 nitrogen and oxygen atoms in total. The van der Waals surface area contributed by atoms with Crippen LogP contribution in [0.1, 0.15) is 40.7 Å². The van der Waals surface area contributed by atoms with Crippen molar-refractivity contribution in [2.75, 3.05) is 26.9 Å². The van der Waals surface area contributed by atoms with Crippen molar-refractivity contribution in [1.29, 1.82) is 0 Å². The molecule has 1 fully saturated rings. The van der Waals surface area contributed by atoms with Gasteiger partial charge in [-0.3, -0.25) is 4.79 Å². The maximum absolute atomic E-state index is 12.7. The molecule has 0 spiro atoms. The summed E-state index contributed by atoms with van der Waals surface area (Å²) in [6, 6.07) is 2.74. The highest BCUT2D eigenvalue weighted by atomic mass is 16.5. The van der Waals surface area contributed by atoms with Crippen molar-refractivity contribution in [2.45, 2.75) is 25.8 Å². The van der Waals surface area contributed by atoms with Gasteiger partial charge in [0.1, 0.15) is 11.4 Å². The third kappa shape index (κ3) is 3.54. The quantitative estimate of drug-likeness (QED) is 0.885. The second-order valence-electron chi connectivity index (χ2n) is 5.04. The van der Waals surface area contributed by atoms with Gasteiger partial charge in [0.05, 0.1) is 19.8 Å². The number of ether oxygens (including phenoxy) is 2. The van der Waals surface area contributed by atoms with E-state index in [-0.39, 0.29) is 23.3 Å². The normalized spacial score (nSPS) is 17.8. The number of amides is 1. The number of carbonyl (C=O) groups is 2. The van der Waals surface area contributed by atoms with Crippen LogP contribution in [0.15, 0.2) is 12.1 Å². The van der Waals surface area contributed by atoms with Crippen molar-refractivity contribution in [3.05, 3.63) is 23.5 Å². The zero-order chi connectivity index (χ0) is 16.1. The van der Waals surface area contributed by atoms with E-state index in [4.69, 9.17) is 14.6 Å². The molecule has 1 aliphatic rings. The Morgan fingerprint density at radius 3 is 2.73 bits per heavy atom. The van der Waals surface area contributed by atoms with Gasteiger partial charge in [0.2, 0.25) is 0 Å². The monoisotopic (exact) mass is 308 g/mol. The van der Waals surface area contributed by atoms with Gasteiger partial charge >= 0.3 is 5.97 Å². The molecule has 1 aromatic heterocycles. The first-order valence-electron chi connectivity index (χ1n) is 7.25. The number of hydrogen-bond donors (Lipinski definition) is 1. The maximum Gasteiger partial charge on any atom is 0.354 e. The highest BCUT2D eigenvalue weighted by Crippen LogP contribution is 2.19. The van der Waals surface area contributed by atoms with Crippen LogP contribution in [0.25, 0.3) is 0 Å². The molecule has 120 valence electrons. The summed E-state index contributed by atoms with van der Waals surface area (Å²) in [5.74, 6) is -1.21. The van der Waals surface area contributed by atoms with E-state index in [9.17, 15) is 9.59 Å². The molecule has 1 N–H and O–H groups in total. The van der Waals surface area contributed by atoms with E-state index in [1.54, 1.807) is 4.90 Å². The lowest BCUT2D eigenvalue weighted by atomic mass is 10.1. The van der Waals surface area contributed by atoms with Crippen molar-refractivity contribution < 1.29 is 24.2 Å². The molecule has 0 radical (unpaired) electrons. The van der Waals surface area contributed by atoms with Gasteiger partial charge in [0.15, 0.2) is 5.69 Å². The molecular formula is C15H20N2O5. The van der Waals surface area contributed by atoms with E-state index >= 15 is 0 Å². The number of pyridine rings is 1. The topological polar surface area (TPSA) is 89.0 Å². The van der Waals surface area contributed by atoms with Crippen LogP contribution in [0, 0.1) is 0 Å². The predicted molar refractivity (Wildman–Crippen MR) is 78.3 cm³/mol. The second-order valence-corrected chi connectivity index (χ2v) is 5.04. The first-order valence-corrected chi connectivity index (χ1v) is 7.25. The summed E-state index contributed by atoms with van der Waals surface area (Å²) >= 11 is 0. The maximum atomic E-state index is 12.7. The predicted octanol–water partition coefficient (Wildman–Crippen LogP) is 1.43. The van der Waals surface area contributed by atoms with E-state index < -0.39 is 5.97 Å². The molecule has 22 heavy (non-hydrogen) atoms. The van der Waals surface area contributed by atoms with E-state index in [0.29, 0.717) is 25.5 Å². The molecule has 1 amide bonds. The number of carbonyl (C=O) groups excluding carboxylic acids is 1. The van der Waals surface area contributed by atoms with Gasteiger partial charge in [-0.2, -0.15) is 0 Å². The second kappa shape index (κ2) is 7.22. The average molecular weight is 308 g/mol. The Labute approximate surface area is 128 Å². The van der Waals surface area contributed by atoms with Gasteiger partial charge < -0.3 is 19.5 Å². The minimum atomic E-state index is -1.20. The lowest BCUT2D eigenvalue weighted by Crippen LogP contribution is -2.45. The minimum Gasteiger partial charge on any atom is -0.497 e. The summed E-state index contributed by atoms with van der Waals surface area (Å²) in [5.41, 5.74) is -0.136. The highest BCUT2D eigenvalue weighted by molar-refractivity contribution is 5.95. The smallest absolute Gasteiger partial charge is 0.354 e. The molecule has 0 aromatic carbocycles. The number of likely N-dealkylation sites (N-methyl/N-ethyl adjacent to an activating group) is 1. The van der Waals surface area contributed by atoms with Crippen molar-refractivity contribution >= 4 is 11.9 Å². The first kappa shape index (κ1) is 16.2. The van der Waals surface area contributed by atoms with E-state index in [1.165, 1.54) is 19.2 Å². The van der Waals surface area contributed by atoms with Gasteiger partial charge in [0, 0.05) is 25.3 Å². The first-order chi connectivity index (χ1) is 10.6. The molecule has 1 atom stereocenters. The average Bonchev–Trinajstić information content (AvgIpc) is 2.55. The SMILES string of the molecule is CCN(C(=O)c1cc(OC)cc(C(=O)O)n1)C1CCCOC1. The zero-order valence-electron chi connectivity index (χ0n) is 12.7. The standard InChI is InChI=1S/C15H20N2O5/c1-3-17(10-5-4-6-22-9-10)14(18)12-7-11(21-2)8-13(16-12)15(19)20/h7-8,10H,3-6,9H2,1-2H3,(H,19,20). The van der Waals surface area contributed by atoms with Crippen molar-refractivity contribution in [3.8, 4) is 5.75 Å². The van der Waals surface area contributed by atoms with Crippen LogP contribution in [0.4, 0.5) is 0 Å². The Bertz CT molecular complexity index is 555. The molecule has 2 rings (SSSR count). The molecule has 7 heteroatoms. The van der Waals surface area contributed by atoms with Crippen molar-refractivity contribution in [1.82, 2.24) is 9.88 Å². The molecule has 1 saturated heterocycles. The largest absolute Gasteiger partial charge is 0.497 e. The molecule has 0 aliphatic carbocycles. The van der Waals surface area contributed by atoms with Crippen LogP contribution in [-0.4, -0.2) is 59.8 Å². The zero-order valence-corrected chi connectivity index (χ0v) is 12.7. The fourth-order valence-corrected chi connectivity index (χ4v) is 2.53. The van der Waals surface area contributed by atoms with Gasteiger partial charge in [-0.05, 0) is 19.8 Å². The summed E-state index contributed by atoms with van der Waals surface area (Å²) < 4.78 is 10.5. The fraction of sp³-hybridized carbons (Fsp3) is 0.533. The lowest BCUT2D eigenvalue weighted by Gasteiger charge is -2.33. The van der Waals surface area contributed by atoms with Crippen LogP contribution in [0.5, 0.6) is 5.75 Å². The Balaban J connectivity index is 2.29. The van der Waals surface area contributed by atoms with Crippen LogP contribution >= 0.6 is 0 Å². The molecule has 2 heterocycles. The fourth-order valence-electron chi connectivity index (χ4n) is 2.53. The minimum absolute atomic E-state index is 0.00692. The van der Waals surface area contributed by atoms with Crippen LogP contribution in [0.3, 0.4) is 0 Å². The van der Waals surface area contributed by atoms with Crippen molar-refractivity contribution in [3.63, 3.8) is 0 Å². The Kier molecular flexibility index (Phi) is 5.32. The van der Waals surface area contributed by atoms with Crippen LogP contribution in [0.2, 0.25) is 0 Å². The number of methoxy groups -OCH3 is 1. The highest BCUT2D eigenvalue weighted by Gasteiger charge is 2.27. The Morgan fingerprint density at radius 1 is 1.45 bits per heavy atom. The molecule has 1 unspecified atom stereocenters. The molecule has 1 aliphatic heterocycles. The third-order valence-electron chi connectivity index (χ3n) is 3.65. The van der Waals surface area contributed by atoms with E-state index in [2.05, 4.69) is 4.98 Å². The third-order valence-corrected chi connectivity index (χ3v) is 3.65. The van der Waals surface area contributed by atoms with E-state index in [1.807, 2.05) is 6.92 Å². The van der Waals surface area contributed by atoms with E-state index in [0.717, 1.165) is 12.8 Å². The number of rotatable bonds is 5. The van der Waals surface area contributed by atoms with Crippen LogP contribution < -0.4 is 4.74 Å². The van der Waals surface area contributed by atoms with Crippen molar-refractivity contribution in [2.24, 2.45) is 0 Å². The number of aromatic nitrogens is 1. The number of carboxylic acid groups (broad SMARTS) is 1. The summed E-state index contributed by atoms with van der Waals surface area (Å²) in [4.78, 5) is 29.4. The summed E-state index contributed by atoms with van der Waals surface area (Å²) in [6.07, 6.45) is 1.77. The summed E-state index contributed by atoms with van der Waals surface area (Å²) in [5, 5.41) is 9.09. The van der Waals surface area contributed by atoms with Gasteiger partial charge in [-0.1, -0.05) is 0 Å². The number of hydrogen-bond acceptors (Lipinski definition) is 5. The van der Waals surface area contributed by atoms with Gasteiger partial charge in [-0.25, -0.2) is 9.78 Å². The van der Waals surface area contributed by atoms with Gasteiger partial charge in [0.25, 0.3) is 5.91 Å². The Hall–Kier alpha value is -2.15. The number of carboxylic acids is 1. The summed E-state index contributed by atoms with van der Waals surface area (Å²) in [6.45, 7) is 3.59.